The first-order valence-corrected chi connectivity index (χ1v) is 7.02. The highest BCUT2D eigenvalue weighted by Gasteiger charge is 2.23. The maximum Gasteiger partial charge on any atom is 0.131 e. The van der Waals surface area contributed by atoms with Crippen molar-refractivity contribution in [2.24, 2.45) is 5.73 Å². The smallest absolute Gasteiger partial charge is 0.131 e. The van der Waals surface area contributed by atoms with Crippen molar-refractivity contribution < 1.29 is 13.5 Å². The standard InChI is InChI=1S/C17H17F2NO/c1-10-8-14(16(19)9-15(10)18)17(20)11-2-4-12(5-3-11)21-13-6-7-13/h2-5,8-9,13,17H,6-7,20H2,1H3. The largest absolute Gasteiger partial charge is 0.490 e. The molecule has 0 heterocycles. The van der Waals surface area contributed by atoms with Gasteiger partial charge in [0.15, 0.2) is 0 Å². The first kappa shape index (κ1) is 14.0. The zero-order chi connectivity index (χ0) is 15.0. The Bertz CT molecular complexity index is 651. The molecule has 0 saturated heterocycles. The van der Waals surface area contributed by atoms with E-state index in [-0.39, 0.29) is 0 Å². The van der Waals surface area contributed by atoms with Crippen LogP contribution in [0.25, 0.3) is 0 Å². The summed E-state index contributed by atoms with van der Waals surface area (Å²) in [7, 11) is 0. The lowest BCUT2D eigenvalue weighted by Crippen LogP contribution is -2.14. The highest BCUT2D eigenvalue weighted by Crippen LogP contribution is 2.29. The zero-order valence-electron chi connectivity index (χ0n) is 11.8. The van der Waals surface area contributed by atoms with Gasteiger partial charge in [0, 0.05) is 11.6 Å². The number of halogens is 2. The van der Waals surface area contributed by atoms with E-state index < -0.39 is 17.7 Å². The summed E-state index contributed by atoms with van der Waals surface area (Å²) in [6.45, 7) is 1.59. The predicted octanol–water partition coefficient (Wildman–Crippen LogP) is 3.86. The summed E-state index contributed by atoms with van der Waals surface area (Å²) < 4.78 is 32.8. The Labute approximate surface area is 122 Å². The third-order valence-corrected chi connectivity index (χ3v) is 3.68. The van der Waals surface area contributed by atoms with Gasteiger partial charge >= 0.3 is 0 Å². The van der Waals surface area contributed by atoms with Gasteiger partial charge in [-0.05, 0) is 49.1 Å². The molecule has 1 atom stereocenters. The molecule has 1 unspecified atom stereocenters. The summed E-state index contributed by atoms with van der Waals surface area (Å²) in [5, 5.41) is 0. The van der Waals surface area contributed by atoms with Crippen LogP contribution in [0.2, 0.25) is 0 Å². The molecule has 0 spiro atoms. The molecule has 21 heavy (non-hydrogen) atoms. The SMILES string of the molecule is Cc1cc(C(N)c2ccc(OC3CC3)cc2)c(F)cc1F. The van der Waals surface area contributed by atoms with Gasteiger partial charge in [0.1, 0.15) is 17.4 Å². The Kier molecular flexibility index (Phi) is 3.64. The molecule has 2 aromatic rings. The second kappa shape index (κ2) is 5.45. The highest BCUT2D eigenvalue weighted by atomic mass is 19.1. The van der Waals surface area contributed by atoms with Crippen molar-refractivity contribution in [2.75, 3.05) is 0 Å². The van der Waals surface area contributed by atoms with Gasteiger partial charge in [0.2, 0.25) is 0 Å². The summed E-state index contributed by atoms with van der Waals surface area (Å²) in [6.07, 6.45) is 2.53. The minimum Gasteiger partial charge on any atom is -0.490 e. The molecule has 1 aliphatic rings. The van der Waals surface area contributed by atoms with Crippen molar-refractivity contribution >= 4 is 0 Å². The first-order valence-electron chi connectivity index (χ1n) is 7.02. The fraction of sp³-hybridized carbons (Fsp3) is 0.294. The van der Waals surface area contributed by atoms with Crippen molar-refractivity contribution in [1.29, 1.82) is 0 Å². The minimum atomic E-state index is -0.626. The fourth-order valence-corrected chi connectivity index (χ4v) is 2.23. The second-order valence-corrected chi connectivity index (χ2v) is 5.49. The second-order valence-electron chi connectivity index (χ2n) is 5.49. The van der Waals surface area contributed by atoms with Crippen molar-refractivity contribution in [1.82, 2.24) is 0 Å². The van der Waals surface area contributed by atoms with E-state index in [2.05, 4.69) is 0 Å². The van der Waals surface area contributed by atoms with Crippen LogP contribution in [0.5, 0.6) is 5.75 Å². The van der Waals surface area contributed by atoms with E-state index in [1.54, 1.807) is 6.92 Å². The number of aryl methyl sites for hydroxylation is 1. The molecular weight excluding hydrogens is 272 g/mol. The Morgan fingerprint density at radius 3 is 2.38 bits per heavy atom. The molecule has 110 valence electrons. The summed E-state index contributed by atoms with van der Waals surface area (Å²) in [5.41, 5.74) is 7.54. The van der Waals surface area contributed by atoms with Crippen molar-refractivity contribution in [3.63, 3.8) is 0 Å². The number of hydrogen-bond acceptors (Lipinski definition) is 2. The van der Waals surface area contributed by atoms with Crippen LogP contribution in [-0.4, -0.2) is 6.10 Å². The minimum absolute atomic E-state index is 0.296. The van der Waals surface area contributed by atoms with Gasteiger partial charge in [-0.25, -0.2) is 8.78 Å². The number of benzene rings is 2. The van der Waals surface area contributed by atoms with E-state index in [9.17, 15) is 8.78 Å². The molecule has 0 radical (unpaired) electrons. The van der Waals surface area contributed by atoms with Gasteiger partial charge in [0.25, 0.3) is 0 Å². The number of nitrogens with two attached hydrogens (primary N) is 1. The van der Waals surface area contributed by atoms with Crippen molar-refractivity contribution in [3.05, 3.63) is 64.7 Å². The molecule has 4 heteroatoms. The van der Waals surface area contributed by atoms with Gasteiger partial charge < -0.3 is 10.5 Å². The van der Waals surface area contributed by atoms with Crippen LogP contribution in [-0.2, 0) is 0 Å². The Balaban J connectivity index is 1.83. The van der Waals surface area contributed by atoms with Crippen LogP contribution in [0.15, 0.2) is 36.4 Å². The molecule has 3 rings (SSSR count). The summed E-state index contributed by atoms with van der Waals surface area (Å²) in [6, 6.07) is 9.03. The average molecular weight is 289 g/mol. The number of rotatable bonds is 4. The van der Waals surface area contributed by atoms with Crippen LogP contribution >= 0.6 is 0 Å². The topological polar surface area (TPSA) is 35.2 Å². The Hall–Kier alpha value is -1.94. The van der Waals surface area contributed by atoms with Crippen molar-refractivity contribution in [2.45, 2.75) is 31.9 Å². The van der Waals surface area contributed by atoms with Gasteiger partial charge in [-0.3, -0.25) is 0 Å². The van der Waals surface area contributed by atoms with Crippen LogP contribution < -0.4 is 10.5 Å². The van der Waals surface area contributed by atoms with Crippen molar-refractivity contribution in [3.8, 4) is 5.75 Å². The molecule has 0 amide bonds. The molecule has 1 saturated carbocycles. The van der Waals surface area contributed by atoms with E-state index in [1.807, 2.05) is 24.3 Å². The normalized spacial score (nSPS) is 15.8. The van der Waals surface area contributed by atoms with Gasteiger partial charge in [-0.15, -0.1) is 0 Å². The quantitative estimate of drug-likeness (QED) is 0.927. The average Bonchev–Trinajstić information content (AvgIpc) is 3.27. The third kappa shape index (κ3) is 3.05. The number of ether oxygens (including phenoxy) is 1. The Morgan fingerprint density at radius 1 is 1.10 bits per heavy atom. The molecule has 1 fully saturated rings. The molecule has 1 aliphatic carbocycles. The maximum absolute atomic E-state index is 13.9. The van der Waals surface area contributed by atoms with Crippen LogP contribution in [0.3, 0.4) is 0 Å². The lowest BCUT2D eigenvalue weighted by atomic mass is 9.97. The molecule has 0 bridgehead atoms. The lowest BCUT2D eigenvalue weighted by molar-refractivity contribution is 0.303. The lowest BCUT2D eigenvalue weighted by Gasteiger charge is -2.15. The van der Waals surface area contributed by atoms with E-state index >= 15 is 0 Å². The van der Waals surface area contributed by atoms with E-state index in [1.165, 1.54) is 6.07 Å². The molecule has 2 nitrogen and oxygen atoms in total. The zero-order valence-corrected chi connectivity index (χ0v) is 11.8. The monoisotopic (exact) mass is 289 g/mol. The number of hydrogen-bond donors (Lipinski definition) is 1. The maximum atomic E-state index is 13.9. The Morgan fingerprint density at radius 2 is 1.76 bits per heavy atom. The molecule has 2 N–H and O–H groups in total. The predicted molar refractivity (Wildman–Crippen MR) is 77.2 cm³/mol. The van der Waals surface area contributed by atoms with Gasteiger partial charge in [-0.2, -0.15) is 0 Å². The van der Waals surface area contributed by atoms with E-state index in [0.717, 1.165) is 30.2 Å². The van der Waals surface area contributed by atoms with Gasteiger partial charge in [0.05, 0.1) is 12.1 Å². The highest BCUT2D eigenvalue weighted by molar-refractivity contribution is 5.37. The molecule has 2 aromatic carbocycles. The van der Waals surface area contributed by atoms with Gasteiger partial charge in [-0.1, -0.05) is 12.1 Å². The van der Waals surface area contributed by atoms with Crippen LogP contribution in [0, 0.1) is 18.6 Å². The van der Waals surface area contributed by atoms with Crippen LogP contribution in [0.4, 0.5) is 8.78 Å². The first-order chi connectivity index (χ1) is 10.0. The van der Waals surface area contributed by atoms with Crippen LogP contribution in [0.1, 0.15) is 35.6 Å². The summed E-state index contributed by atoms with van der Waals surface area (Å²) in [5.74, 6) is -0.384. The summed E-state index contributed by atoms with van der Waals surface area (Å²) >= 11 is 0. The molecule has 0 aliphatic heterocycles. The third-order valence-electron chi connectivity index (χ3n) is 3.68. The van der Waals surface area contributed by atoms with E-state index in [4.69, 9.17) is 10.5 Å². The molecule has 0 aromatic heterocycles. The fourth-order valence-electron chi connectivity index (χ4n) is 2.23. The van der Waals surface area contributed by atoms with E-state index in [0.29, 0.717) is 17.2 Å². The molecular formula is C17H17F2NO. The summed E-state index contributed by atoms with van der Waals surface area (Å²) in [4.78, 5) is 0.